The molecule has 2 aromatic rings. The monoisotopic (exact) mass is 357 g/mol. The third kappa shape index (κ3) is 4.01. The minimum atomic E-state index is -0.258. The van der Waals surface area contributed by atoms with Crippen LogP contribution >= 0.6 is 0 Å². The van der Waals surface area contributed by atoms with Crippen LogP contribution in [-0.2, 0) is 11.3 Å². The SMILES string of the molecule is Cc1nnc(CNC(=O)CN2CCN(c3ccc(C(C)C)cc3)C2=O)o1. The summed E-state index contributed by atoms with van der Waals surface area (Å²) in [7, 11) is 0. The van der Waals surface area contributed by atoms with Crippen LogP contribution in [-0.4, -0.2) is 46.7 Å². The Balaban J connectivity index is 1.54. The van der Waals surface area contributed by atoms with Crippen molar-refractivity contribution in [2.75, 3.05) is 24.5 Å². The van der Waals surface area contributed by atoms with Gasteiger partial charge in [0.05, 0.1) is 6.54 Å². The lowest BCUT2D eigenvalue weighted by molar-refractivity contribution is -0.121. The van der Waals surface area contributed by atoms with Gasteiger partial charge in [0.15, 0.2) is 0 Å². The van der Waals surface area contributed by atoms with E-state index < -0.39 is 0 Å². The number of rotatable bonds is 6. The molecule has 138 valence electrons. The first kappa shape index (κ1) is 17.9. The number of hydrogen-bond donors (Lipinski definition) is 1. The second kappa shape index (κ2) is 7.55. The van der Waals surface area contributed by atoms with Crippen LogP contribution in [0.15, 0.2) is 28.7 Å². The highest BCUT2D eigenvalue weighted by atomic mass is 16.4. The topological polar surface area (TPSA) is 91.6 Å². The summed E-state index contributed by atoms with van der Waals surface area (Å²) in [6.07, 6.45) is 0. The van der Waals surface area contributed by atoms with Crippen LogP contribution < -0.4 is 10.2 Å². The van der Waals surface area contributed by atoms with Crippen molar-refractivity contribution in [2.45, 2.75) is 33.2 Å². The molecule has 8 heteroatoms. The number of aromatic nitrogens is 2. The maximum Gasteiger partial charge on any atom is 0.325 e. The lowest BCUT2D eigenvalue weighted by atomic mass is 10.0. The summed E-state index contributed by atoms with van der Waals surface area (Å²) in [5.74, 6) is 0.978. The second-order valence-corrected chi connectivity index (χ2v) is 6.59. The average molecular weight is 357 g/mol. The van der Waals surface area contributed by atoms with Crippen LogP contribution in [0.2, 0.25) is 0 Å². The van der Waals surface area contributed by atoms with E-state index in [1.165, 1.54) is 10.5 Å². The lowest BCUT2D eigenvalue weighted by Gasteiger charge is -2.19. The van der Waals surface area contributed by atoms with Gasteiger partial charge in [0, 0.05) is 25.7 Å². The van der Waals surface area contributed by atoms with Gasteiger partial charge in [0.1, 0.15) is 6.54 Å². The van der Waals surface area contributed by atoms with Gasteiger partial charge in [0.2, 0.25) is 17.7 Å². The molecule has 0 aliphatic carbocycles. The first-order valence-electron chi connectivity index (χ1n) is 8.66. The van der Waals surface area contributed by atoms with Gasteiger partial charge in [-0.15, -0.1) is 10.2 Å². The molecule has 3 rings (SSSR count). The van der Waals surface area contributed by atoms with Crippen molar-refractivity contribution in [1.82, 2.24) is 20.4 Å². The quantitative estimate of drug-likeness (QED) is 0.854. The molecule has 0 atom stereocenters. The molecule has 1 aliphatic heterocycles. The molecule has 2 heterocycles. The zero-order valence-electron chi connectivity index (χ0n) is 15.2. The standard InChI is InChI=1S/C18H23N5O3/c1-12(2)14-4-6-15(7-5-14)23-9-8-22(18(23)25)11-16(24)19-10-17-21-20-13(3)26-17/h4-7,12H,8-11H2,1-3H3,(H,19,24). The maximum absolute atomic E-state index is 12.6. The Morgan fingerprint density at radius 2 is 1.96 bits per heavy atom. The molecule has 8 nitrogen and oxygen atoms in total. The van der Waals surface area contributed by atoms with Crippen LogP contribution in [0.4, 0.5) is 10.5 Å². The van der Waals surface area contributed by atoms with E-state index in [1.807, 2.05) is 24.3 Å². The van der Waals surface area contributed by atoms with Crippen molar-refractivity contribution in [1.29, 1.82) is 0 Å². The predicted octanol–water partition coefficient (Wildman–Crippen LogP) is 2.06. The molecule has 0 radical (unpaired) electrons. The van der Waals surface area contributed by atoms with Crippen LogP contribution in [0.25, 0.3) is 0 Å². The number of carbonyl (C=O) groups excluding carboxylic acids is 2. The summed E-state index contributed by atoms with van der Waals surface area (Å²) in [6, 6.07) is 7.82. The summed E-state index contributed by atoms with van der Waals surface area (Å²) in [4.78, 5) is 27.9. The van der Waals surface area contributed by atoms with Crippen molar-refractivity contribution in [2.24, 2.45) is 0 Å². The largest absolute Gasteiger partial charge is 0.424 e. The normalized spacial score (nSPS) is 14.4. The van der Waals surface area contributed by atoms with E-state index >= 15 is 0 Å². The van der Waals surface area contributed by atoms with Gasteiger partial charge in [-0.3, -0.25) is 9.69 Å². The molecule has 1 aliphatic rings. The highest BCUT2D eigenvalue weighted by molar-refractivity contribution is 5.96. The number of hydrogen-bond acceptors (Lipinski definition) is 5. The Labute approximate surface area is 152 Å². The van der Waals surface area contributed by atoms with E-state index in [1.54, 1.807) is 11.8 Å². The zero-order chi connectivity index (χ0) is 18.7. The van der Waals surface area contributed by atoms with Crippen LogP contribution in [0.5, 0.6) is 0 Å². The Morgan fingerprint density at radius 1 is 1.23 bits per heavy atom. The minimum Gasteiger partial charge on any atom is -0.424 e. The van der Waals surface area contributed by atoms with Crippen molar-refractivity contribution >= 4 is 17.6 Å². The molecule has 0 spiro atoms. The number of nitrogens with one attached hydrogen (secondary N) is 1. The van der Waals surface area contributed by atoms with Crippen molar-refractivity contribution in [3.8, 4) is 0 Å². The molecule has 0 bridgehead atoms. The van der Waals surface area contributed by atoms with Crippen LogP contribution in [0.3, 0.4) is 0 Å². The average Bonchev–Trinajstić information content (AvgIpc) is 3.19. The van der Waals surface area contributed by atoms with E-state index in [9.17, 15) is 9.59 Å². The lowest BCUT2D eigenvalue weighted by Crippen LogP contribution is -2.39. The molecule has 0 saturated carbocycles. The maximum atomic E-state index is 12.6. The van der Waals surface area contributed by atoms with Crippen LogP contribution in [0, 0.1) is 6.92 Å². The van der Waals surface area contributed by atoms with Gasteiger partial charge >= 0.3 is 6.03 Å². The van der Waals surface area contributed by atoms with Gasteiger partial charge in [-0.25, -0.2) is 4.79 Å². The number of carbonyl (C=O) groups is 2. The van der Waals surface area contributed by atoms with Crippen molar-refractivity contribution in [3.63, 3.8) is 0 Å². The van der Waals surface area contributed by atoms with Crippen molar-refractivity contribution in [3.05, 3.63) is 41.6 Å². The molecule has 3 amide bonds. The fourth-order valence-corrected chi connectivity index (χ4v) is 2.82. The van der Waals surface area contributed by atoms with Gasteiger partial charge in [-0.05, 0) is 23.6 Å². The van der Waals surface area contributed by atoms with E-state index in [-0.39, 0.29) is 25.0 Å². The van der Waals surface area contributed by atoms with Crippen LogP contribution in [0.1, 0.15) is 37.1 Å². The first-order chi connectivity index (χ1) is 12.4. The number of aryl methyl sites for hydroxylation is 1. The first-order valence-corrected chi connectivity index (χ1v) is 8.66. The number of anilines is 1. The Morgan fingerprint density at radius 3 is 2.58 bits per heavy atom. The Bertz CT molecular complexity index is 784. The summed E-state index contributed by atoms with van der Waals surface area (Å²) >= 11 is 0. The summed E-state index contributed by atoms with van der Waals surface area (Å²) < 4.78 is 5.20. The number of amides is 3. The molecule has 1 saturated heterocycles. The molecule has 1 fully saturated rings. The predicted molar refractivity (Wildman–Crippen MR) is 95.7 cm³/mol. The molecule has 1 aromatic heterocycles. The van der Waals surface area contributed by atoms with E-state index in [2.05, 4.69) is 29.4 Å². The van der Waals surface area contributed by atoms with Gasteiger partial charge in [0.25, 0.3) is 0 Å². The number of urea groups is 1. The van der Waals surface area contributed by atoms with Gasteiger partial charge in [-0.1, -0.05) is 26.0 Å². The molecule has 1 N–H and O–H groups in total. The van der Waals surface area contributed by atoms with E-state index in [0.29, 0.717) is 30.8 Å². The third-order valence-corrected chi connectivity index (χ3v) is 4.31. The Kier molecular flexibility index (Phi) is 5.20. The summed E-state index contributed by atoms with van der Waals surface area (Å²) in [5.41, 5.74) is 2.08. The highest BCUT2D eigenvalue weighted by Crippen LogP contribution is 2.23. The molecule has 0 unspecified atom stereocenters. The second-order valence-electron chi connectivity index (χ2n) is 6.59. The summed E-state index contributed by atoms with van der Waals surface area (Å²) in [6.45, 7) is 7.18. The smallest absolute Gasteiger partial charge is 0.325 e. The Hall–Kier alpha value is -2.90. The third-order valence-electron chi connectivity index (χ3n) is 4.31. The van der Waals surface area contributed by atoms with Gasteiger partial charge in [-0.2, -0.15) is 0 Å². The fraction of sp³-hybridized carbons (Fsp3) is 0.444. The zero-order valence-corrected chi connectivity index (χ0v) is 15.2. The molecular formula is C18H23N5O3. The fourth-order valence-electron chi connectivity index (χ4n) is 2.82. The number of nitrogens with zero attached hydrogens (tertiary/aromatic N) is 4. The highest BCUT2D eigenvalue weighted by Gasteiger charge is 2.30. The van der Waals surface area contributed by atoms with Crippen molar-refractivity contribution < 1.29 is 14.0 Å². The van der Waals surface area contributed by atoms with E-state index in [0.717, 1.165) is 5.69 Å². The summed E-state index contributed by atoms with van der Waals surface area (Å²) in [5, 5.41) is 10.2. The van der Waals surface area contributed by atoms with E-state index in [4.69, 9.17) is 4.42 Å². The molecule has 26 heavy (non-hydrogen) atoms. The minimum absolute atomic E-state index is 0.00648. The number of benzene rings is 1. The van der Waals surface area contributed by atoms with Gasteiger partial charge < -0.3 is 14.6 Å². The molecular weight excluding hydrogens is 334 g/mol. The molecule has 1 aromatic carbocycles.